The van der Waals surface area contributed by atoms with E-state index in [4.69, 9.17) is 4.74 Å². The van der Waals surface area contributed by atoms with Crippen molar-refractivity contribution in [2.45, 2.75) is 19.1 Å². The van der Waals surface area contributed by atoms with Crippen molar-refractivity contribution in [3.63, 3.8) is 0 Å². The first-order valence-corrected chi connectivity index (χ1v) is 6.87. The molecule has 1 aliphatic heterocycles. The zero-order valence-corrected chi connectivity index (χ0v) is 11.3. The average molecular weight is 270 g/mol. The number of para-hydroxylation sites is 1. The smallest absolute Gasteiger partial charge is 0.145 e. The summed E-state index contributed by atoms with van der Waals surface area (Å²) in [5.74, 6) is 1.59. The highest BCUT2D eigenvalue weighted by Gasteiger charge is 2.21. The van der Waals surface area contributed by atoms with Crippen LogP contribution in [-0.2, 0) is 6.54 Å². The number of aromatic nitrogens is 1. The van der Waals surface area contributed by atoms with E-state index in [1.807, 2.05) is 30.3 Å². The highest BCUT2D eigenvalue weighted by Crippen LogP contribution is 2.26. The number of likely N-dealkylation sites (tertiary alicyclic amines) is 1. The Bertz CT molecular complexity index is 559. The maximum Gasteiger partial charge on any atom is 0.145 e. The molecule has 1 aromatic carbocycles. The Morgan fingerprint density at radius 1 is 1.25 bits per heavy atom. The fourth-order valence-corrected chi connectivity index (χ4v) is 2.47. The van der Waals surface area contributed by atoms with Crippen LogP contribution in [0.3, 0.4) is 0 Å². The van der Waals surface area contributed by atoms with Crippen LogP contribution in [-0.4, -0.2) is 34.2 Å². The topological polar surface area (TPSA) is 45.6 Å². The number of aliphatic hydroxyl groups is 1. The molecule has 1 fully saturated rings. The third kappa shape index (κ3) is 3.15. The summed E-state index contributed by atoms with van der Waals surface area (Å²) in [5.41, 5.74) is 1.13. The Balaban J connectivity index is 1.74. The van der Waals surface area contributed by atoms with E-state index in [1.165, 1.54) is 0 Å². The fourth-order valence-electron chi connectivity index (χ4n) is 2.47. The first kappa shape index (κ1) is 13.1. The molecule has 104 valence electrons. The molecule has 0 bridgehead atoms. The van der Waals surface area contributed by atoms with Gasteiger partial charge < -0.3 is 9.84 Å². The Kier molecular flexibility index (Phi) is 3.95. The number of hydrogen-bond donors (Lipinski definition) is 1. The van der Waals surface area contributed by atoms with E-state index in [-0.39, 0.29) is 6.10 Å². The van der Waals surface area contributed by atoms with Crippen molar-refractivity contribution in [2.24, 2.45) is 0 Å². The molecule has 0 unspecified atom stereocenters. The van der Waals surface area contributed by atoms with Gasteiger partial charge >= 0.3 is 0 Å². The van der Waals surface area contributed by atoms with Crippen molar-refractivity contribution in [1.82, 2.24) is 9.88 Å². The van der Waals surface area contributed by atoms with Gasteiger partial charge in [-0.05, 0) is 24.6 Å². The zero-order valence-electron chi connectivity index (χ0n) is 11.3. The zero-order chi connectivity index (χ0) is 13.8. The second kappa shape index (κ2) is 6.03. The lowest BCUT2D eigenvalue weighted by molar-refractivity contribution is 0.174. The third-order valence-electron chi connectivity index (χ3n) is 3.48. The molecular formula is C16H18N2O2. The van der Waals surface area contributed by atoms with Crippen LogP contribution in [0.2, 0.25) is 0 Å². The molecule has 4 heteroatoms. The van der Waals surface area contributed by atoms with Crippen LogP contribution in [0.25, 0.3) is 0 Å². The molecule has 0 radical (unpaired) electrons. The molecule has 1 saturated heterocycles. The maximum absolute atomic E-state index is 9.60. The molecule has 20 heavy (non-hydrogen) atoms. The second-order valence-corrected chi connectivity index (χ2v) is 5.08. The summed E-state index contributed by atoms with van der Waals surface area (Å²) in [6, 6.07) is 11.8. The highest BCUT2D eigenvalue weighted by atomic mass is 16.5. The van der Waals surface area contributed by atoms with Crippen LogP contribution in [0.15, 0.2) is 48.8 Å². The fraction of sp³-hybridized carbons (Fsp3) is 0.312. The number of pyridine rings is 1. The van der Waals surface area contributed by atoms with Gasteiger partial charge in [-0.3, -0.25) is 9.88 Å². The standard InChI is InChI=1S/C16H18N2O2/c19-14-7-9-18(12-14)11-13-4-1-2-6-16(13)20-15-5-3-8-17-10-15/h1-6,8,10,14,19H,7,9,11-12H2/t14-/m1/s1. The maximum atomic E-state index is 9.60. The van der Waals surface area contributed by atoms with E-state index in [9.17, 15) is 5.11 Å². The predicted molar refractivity (Wildman–Crippen MR) is 76.7 cm³/mol. The van der Waals surface area contributed by atoms with Gasteiger partial charge in [0.2, 0.25) is 0 Å². The van der Waals surface area contributed by atoms with Crippen LogP contribution in [0.4, 0.5) is 0 Å². The largest absolute Gasteiger partial charge is 0.455 e. The van der Waals surface area contributed by atoms with Crippen molar-refractivity contribution < 1.29 is 9.84 Å². The van der Waals surface area contributed by atoms with Crippen LogP contribution in [0.1, 0.15) is 12.0 Å². The summed E-state index contributed by atoms with van der Waals surface area (Å²) in [6.45, 7) is 2.47. The summed E-state index contributed by atoms with van der Waals surface area (Å²) in [4.78, 5) is 6.30. The minimum atomic E-state index is -0.193. The van der Waals surface area contributed by atoms with Gasteiger partial charge in [-0.2, -0.15) is 0 Å². The highest BCUT2D eigenvalue weighted by molar-refractivity contribution is 5.37. The first-order chi connectivity index (χ1) is 9.81. The molecule has 1 atom stereocenters. The SMILES string of the molecule is O[C@@H]1CCN(Cc2ccccc2Oc2cccnc2)C1. The van der Waals surface area contributed by atoms with Crippen LogP contribution in [0.5, 0.6) is 11.5 Å². The number of benzene rings is 1. The lowest BCUT2D eigenvalue weighted by Gasteiger charge is -2.17. The van der Waals surface area contributed by atoms with Gasteiger partial charge in [0.05, 0.1) is 12.3 Å². The van der Waals surface area contributed by atoms with Gasteiger partial charge in [-0.25, -0.2) is 0 Å². The van der Waals surface area contributed by atoms with E-state index in [2.05, 4.69) is 16.0 Å². The molecule has 1 aliphatic rings. The summed E-state index contributed by atoms with van der Waals surface area (Å²) < 4.78 is 5.89. The quantitative estimate of drug-likeness (QED) is 0.927. The molecule has 2 heterocycles. The van der Waals surface area contributed by atoms with Crippen LogP contribution < -0.4 is 4.74 Å². The lowest BCUT2D eigenvalue weighted by atomic mass is 10.2. The number of aliphatic hydroxyl groups excluding tert-OH is 1. The minimum absolute atomic E-state index is 0.193. The van der Waals surface area contributed by atoms with Crippen LogP contribution >= 0.6 is 0 Å². The van der Waals surface area contributed by atoms with Crippen molar-refractivity contribution in [3.05, 3.63) is 54.4 Å². The van der Waals surface area contributed by atoms with Gasteiger partial charge in [-0.1, -0.05) is 18.2 Å². The molecular weight excluding hydrogens is 252 g/mol. The molecule has 0 amide bonds. The van der Waals surface area contributed by atoms with E-state index < -0.39 is 0 Å². The van der Waals surface area contributed by atoms with Crippen LogP contribution in [0, 0.1) is 0 Å². The molecule has 3 rings (SSSR count). The molecule has 1 N–H and O–H groups in total. The van der Waals surface area contributed by atoms with E-state index in [1.54, 1.807) is 12.4 Å². The van der Waals surface area contributed by atoms with Gasteiger partial charge in [0, 0.05) is 31.4 Å². The van der Waals surface area contributed by atoms with Gasteiger partial charge in [0.1, 0.15) is 11.5 Å². The summed E-state index contributed by atoms with van der Waals surface area (Å²) in [6.07, 6.45) is 4.09. The van der Waals surface area contributed by atoms with E-state index in [0.717, 1.165) is 43.1 Å². The van der Waals surface area contributed by atoms with Gasteiger partial charge in [0.25, 0.3) is 0 Å². The minimum Gasteiger partial charge on any atom is -0.455 e. The molecule has 1 aromatic heterocycles. The lowest BCUT2D eigenvalue weighted by Crippen LogP contribution is -2.21. The Morgan fingerprint density at radius 2 is 2.15 bits per heavy atom. The van der Waals surface area contributed by atoms with Crippen molar-refractivity contribution in [1.29, 1.82) is 0 Å². The number of nitrogens with zero attached hydrogens (tertiary/aromatic N) is 2. The molecule has 0 aliphatic carbocycles. The third-order valence-corrected chi connectivity index (χ3v) is 3.48. The Labute approximate surface area is 118 Å². The number of β-amino-alcohol motifs (C(OH)–C–C–N with tert-alkyl or cyclic N) is 1. The summed E-state index contributed by atoms with van der Waals surface area (Å²) in [7, 11) is 0. The molecule has 0 saturated carbocycles. The van der Waals surface area contributed by atoms with Gasteiger partial charge in [-0.15, -0.1) is 0 Å². The van der Waals surface area contributed by atoms with E-state index >= 15 is 0 Å². The molecule has 2 aromatic rings. The van der Waals surface area contributed by atoms with E-state index in [0.29, 0.717) is 0 Å². The van der Waals surface area contributed by atoms with Gasteiger partial charge in [0.15, 0.2) is 0 Å². The predicted octanol–water partition coefficient (Wildman–Crippen LogP) is 2.44. The molecule has 4 nitrogen and oxygen atoms in total. The van der Waals surface area contributed by atoms with Crippen molar-refractivity contribution in [3.8, 4) is 11.5 Å². The Hall–Kier alpha value is -1.91. The monoisotopic (exact) mass is 270 g/mol. The average Bonchev–Trinajstić information content (AvgIpc) is 2.88. The number of rotatable bonds is 4. The second-order valence-electron chi connectivity index (χ2n) is 5.08. The Morgan fingerprint density at radius 3 is 2.90 bits per heavy atom. The summed E-state index contributed by atoms with van der Waals surface area (Å²) in [5, 5.41) is 9.60. The summed E-state index contributed by atoms with van der Waals surface area (Å²) >= 11 is 0. The molecule has 0 spiro atoms. The number of hydrogen-bond acceptors (Lipinski definition) is 4. The van der Waals surface area contributed by atoms with Crippen molar-refractivity contribution >= 4 is 0 Å². The number of ether oxygens (including phenoxy) is 1. The first-order valence-electron chi connectivity index (χ1n) is 6.87. The van der Waals surface area contributed by atoms with Crippen molar-refractivity contribution in [2.75, 3.05) is 13.1 Å². The normalized spacial score (nSPS) is 19.1.